The maximum atomic E-state index is 13.6. The Bertz CT molecular complexity index is 695. The first kappa shape index (κ1) is 15.2. The maximum Gasteiger partial charge on any atom is 0.221 e. The summed E-state index contributed by atoms with van der Waals surface area (Å²) in [5, 5.41) is 2.80. The first-order valence-electron chi connectivity index (χ1n) is 6.37. The normalized spacial score (nSPS) is 10.9. The Balaban J connectivity index is 2.22. The molecule has 2 N–H and O–H groups in total. The standard InChI is InChI=1S/C13H15BrFN3OS/c1-2-4-16-12(19)3-5-18-11-7-9(15)8(14)6-10(11)17-13(18)20/h6-7H,2-5H2,1H3,(H,16,19)(H,17,20). The van der Waals surface area contributed by atoms with E-state index in [1.807, 2.05) is 6.92 Å². The molecule has 1 amide bonds. The number of rotatable bonds is 5. The molecule has 0 radical (unpaired) electrons. The summed E-state index contributed by atoms with van der Waals surface area (Å²) in [5.41, 5.74) is 1.41. The Labute approximate surface area is 129 Å². The minimum atomic E-state index is -0.351. The molecule has 108 valence electrons. The van der Waals surface area contributed by atoms with Gasteiger partial charge in [-0.2, -0.15) is 0 Å². The van der Waals surface area contributed by atoms with Gasteiger partial charge in [-0.25, -0.2) is 4.39 Å². The van der Waals surface area contributed by atoms with E-state index in [-0.39, 0.29) is 11.7 Å². The van der Waals surface area contributed by atoms with Crippen LogP contribution in [0.15, 0.2) is 16.6 Å². The number of benzene rings is 1. The molecule has 0 aliphatic heterocycles. The monoisotopic (exact) mass is 359 g/mol. The number of H-pyrrole nitrogens is 1. The number of imidazole rings is 1. The number of carbonyl (C=O) groups is 1. The fourth-order valence-electron chi connectivity index (χ4n) is 1.94. The molecule has 2 rings (SSSR count). The second-order valence-corrected chi connectivity index (χ2v) is 5.71. The Morgan fingerprint density at radius 2 is 2.30 bits per heavy atom. The van der Waals surface area contributed by atoms with E-state index in [0.717, 1.165) is 11.9 Å². The Morgan fingerprint density at radius 1 is 1.55 bits per heavy atom. The van der Waals surface area contributed by atoms with E-state index in [4.69, 9.17) is 12.2 Å². The summed E-state index contributed by atoms with van der Waals surface area (Å²) in [5.74, 6) is -0.378. The summed E-state index contributed by atoms with van der Waals surface area (Å²) in [7, 11) is 0. The highest BCUT2D eigenvalue weighted by Gasteiger charge is 2.10. The van der Waals surface area contributed by atoms with Gasteiger partial charge in [-0.1, -0.05) is 6.92 Å². The Morgan fingerprint density at radius 3 is 3.00 bits per heavy atom. The predicted octanol–water partition coefficient (Wildman–Crippen LogP) is 3.52. The van der Waals surface area contributed by atoms with Crippen molar-refractivity contribution in [2.24, 2.45) is 0 Å². The largest absolute Gasteiger partial charge is 0.356 e. The van der Waals surface area contributed by atoms with Gasteiger partial charge in [-0.15, -0.1) is 0 Å². The summed E-state index contributed by atoms with van der Waals surface area (Å²) in [6.45, 7) is 3.09. The van der Waals surface area contributed by atoms with Gasteiger partial charge in [0.25, 0.3) is 0 Å². The van der Waals surface area contributed by atoms with Crippen LogP contribution in [0.4, 0.5) is 4.39 Å². The molecule has 0 unspecified atom stereocenters. The van der Waals surface area contributed by atoms with Crippen molar-refractivity contribution in [3.05, 3.63) is 27.2 Å². The van der Waals surface area contributed by atoms with Gasteiger partial charge in [-0.05, 0) is 40.6 Å². The van der Waals surface area contributed by atoms with Crippen molar-refractivity contribution in [3.63, 3.8) is 0 Å². The van der Waals surface area contributed by atoms with Gasteiger partial charge in [0.15, 0.2) is 4.77 Å². The molecule has 7 heteroatoms. The fourth-order valence-corrected chi connectivity index (χ4v) is 2.58. The van der Waals surface area contributed by atoms with E-state index in [1.54, 1.807) is 10.6 Å². The second kappa shape index (κ2) is 6.49. The van der Waals surface area contributed by atoms with Crippen LogP contribution in [0.2, 0.25) is 0 Å². The summed E-state index contributed by atoms with van der Waals surface area (Å²) >= 11 is 8.36. The Hall–Kier alpha value is -1.21. The molecule has 1 aromatic carbocycles. The molecular weight excluding hydrogens is 345 g/mol. The lowest BCUT2D eigenvalue weighted by molar-refractivity contribution is -0.121. The second-order valence-electron chi connectivity index (χ2n) is 4.47. The van der Waals surface area contributed by atoms with Crippen LogP contribution in [-0.4, -0.2) is 22.0 Å². The van der Waals surface area contributed by atoms with Crippen molar-refractivity contribution >= 4 is 45.1 Å². The minimum Gasteiger partial charge on any atom is -0.356 e. The molecule has 1 heterocycles. The average molecular weight is 360 g/mol. The van der Waals surface area contributed by atoms with Gasteiger partial charge in [0.1, 0.15) is 5.82 Å². The SMILES string of the molecule is CCCNC(=O)CCn1c(=S)[nH]c2cc(Br)c(F)cc21. The van der Waals surface area contributed by atoms with E-state index >= 15 is 0 Å². The van der Waals surface area contributed by atoms with Crippen LogP contribution < -0.4 is 5.32 Å². The molecule has 1 aromatic heterocycles. The van der Waals surface area contributed by atoms with Gasteiger partial charge in [0, 0.05) is 25.6 Å². The molecule has 0 spiro atoms. The molecule has 0 bridgehead atoms. The molecular formula is C13H15BrFN3OS. The van der Waals surface area contributed by atoms with Crippen molar-refractivity contribution < 1.29 is 9.18 Å². The molecule has 0 atom stereocenters. The number of amides is 1. The highest BCUT2D eigenvalue weighted by atomic mass is 79.9. The van der Waals surface area contributed by atoms with Gasteiger partial charge >= 0.3 is 0 Å². The van der Waals surface area contributed by atoms with Crippen LogP contribution in [0.1, 0.15) is 19.8 Å². The van der Waals surface area contributed by atoms with E-state index in [2.05, 4.69) is 26.2 Å². The van der Waals surface area contributed by atoms with Crippen molar-refractivity contribution in [1.82, 2.24) is 14.9 Å². The Kier molecular flexibility index (Phi) is 4.93. The van der Waals surface area contributed by atoms with Gasteiger partial charge in [-0.3, -0.25) is 4.79 Å². The van der Waals surface area contributed by atoms with Gasteiger partial charge in [0.05, 0.1) is 15.5 Å². The number of carbonyl (C=O) groups excluding carboxylic acids is 1. The topological polar surface area (TPSA) is 49.8 Å². The number of halogens is 2. The molecule has 20 heavy (non-hydrogen) atoms. The van der Waals surface area contributed by atoms with E-state index < -0.39 is 0 Å². The predicted molar refractivity (Wildman–Crippen MR) is 82.7 cm³/mol. The number of fused-ring (bicyclic) bond motifs is 1. The van der Waals surface area contributed by atoms with Crippen molar-refractivity contribution in [2.75, 3.05) is 6.54 Å². The average Bonchev–Trinajstić information content (AvgIpc) is 2.70. The lowest BCUT2D eigenvalue weighted by Gasteiger charge is -2.06. The summed E-state index contributed by atoms with van der Waals surface area (Å²) in [4.78, 5) is 14.6. The summed E-state index contributed by atoms with van der Waals surface area (Å²) in [6.07, 6.45) is 1.22. The molecule has 0 saturated heterocycles. The highest BCUT2D eigenvalue weighted by Crippen LogP contribution is 2.23. The molecule has 0 fully saturated rings. The number of aryl methyl sites for hydroxylation is 1. The molecule has 2 aromatic rings. The first-order chi connectivity index (χ1) is 9.52. The number of hydrogen-bond donors (Lipinski definition) is 2. The third-order valence-corrected chi connectivity index (χ3v) is 3.88. The highest BCUT2D eigenvalue weighted by molar-refractivity contribution is 9.10. The van der Waals surface area contributed by atoms with Crippen molar-refractivity contribution in [1.29, 1.82) is 0 Å². The molecule has 4 nitrogen and oxygen atoms in total. The number of hydrogen-bond acceptors (Lipinski definition) is 2. The smallest absolute Gasteiger partial charge is 0.221 e. The minimum absolute atomic E-state index is 0.0271. The third kappa shape index (κ3) is 3.27. The van der Waals surface area contributed by atoms with Crippen LogP contribution >= 0.6 is 28.1 Å². The zero-order valence-electron chi connectivity index (χ0n) is 11.0. The molecule has 0 aliphatic rings. The number of aromatic nitrogens is 2. The first-order valence-corrected chi connectivity index (χ1v) is 7.57. The van der Waals surface area contributed by atoms with E-state index in [9.17, 15) is 9.18 Å². The van der Waals surface area contributed by atoms with Gasteiger partial charge in [0.2, 0.25) is 5.91 Å². The van der Waals surface area contributed by atoms with Crippen LogP contribution in [0.5, 0.6) is 0 Å². The molecule has 0 aliphatic carbocycles. The zero-order valence-corrected chi connectivity index (χ0v) is 13.4. The third-order valence-electron chi connectivity index (χ3n) is 2.95. The zero-order chi connectivity index (χ0) is 14.7. The number of aromatic amines is 1. The number of nitrogens with one attached hydrogen (secondary N) is 2. The quantitative estimate of drug-likeness (QED) is 0.802. The van der Waals surface area contributed by atoms with Crippen LogP contribution in [0.3, 0.4) is 0 Å². The summed E-state index contributed by atoms with van der Waals surface area (Å²) < 4.78 is 16.2. The fraction of sp³-hybridized carbons (Fsp3) is 0.385. The lowest BCUT2D eigenvalue weighted by Crippen LogP contribution is -2.25. The van der Waals surface area contributed by atoms with E-state index in [1.165, 1.54) is 6.07 Å². The molecule has 0 saturated carbocycles. The summed E-state index contributed by atoms with van der Waals surface area (Å²) in [6, 6.07) is 3.06. The van der Waals surface area contributed by atoms with Gasteiger partial charge < -0.3 is 14.9 Å². The van der Waals surface area contributed by atoms with Crippen LogP contribution in [0.25, 0.3) is 11.0 Å². The van der Waals surface area contributed by atoms with Crippen LogP contribution in [0, 0.1) is 10.6 Å². The number of nitrogens with zero attached hydrogens (tertiary/aromatic N) is 1. The van der Waals surface area contributed by atoms with Crippen molar-refractivity contribution in [2.45, 2.75) is 26.3 Å². The lowest BCUT2D eigenvalue weighted by atomic mass is 10.3. The van der Waals surface area contributed by atoms with Crippen molar-refractivity contribution in [3.8, 4) is 0 Å². The van der Waals surface area contributed by atoms with E-state index in [0.29, 0.717) is 34.3 Å². The maximum absolute atomic E-state index is 13.6. The van der Waals surface area contributed by atoms with Crippen LogP contribution in [-0.2, 0) is 11.3 Å².